The van der Waals surface area contributed by atoms with Gasteiger partial charge < -0.3 is 79.1 Å². The second kappa shape index (κ2) is 18.3. The zero-order valence-electron chi connectivity index (χ0n) is 40.6. The number of hydrogen-bond donors (Lipinski definition) is 9. The monoisotopic (exact) mass is 968 g/mol. The Hall–Kier alpha value is -2.37. The third-order valence-electron chi connectivity index (χ3n) is 19.1. The molecule has 0 aromatic carbocycles. The number of aliphatic hydroxyl groups excluding tert-OH is 8. The Balaban J connectivity index is 1.02. The summed E-state index contributed by atoms with van der Waals surface area (Å²) < 4.78 is 41.0. The highest BCUT2D eigenvalue weighted by molar-refractivity contribution is 5.82. The molecular weight excluding hydrogens is 893 g/mol. The van der Waals surface area contributed by atoms with Crippen molar-refractivity contribution in [2.24, 2.45) is 50.2 Å². The lowest BCUT2D eigenvalue weighted by Gasteiger charge is -2.72. The normalized spacial score (nSPS) is 50.8. The van der Waals surface area contributed by atoms with Crippen molar-refractivity contribution in [2.45, 2.75) is 212 Å². The first-order valence-corrected chi connectivity index (χ1v) is 24.6. The Labute approximate surface area is 397 Å². The predicted molar refractivity (Wildman–Crippen MR) is 234 cm³/mol. The molecule has 3 aliphatic heterocycles. The number of ether oxygens (including phenoxy) is 7. The van der Waals surface area contributed by atoms with Crippen LogP contribution in [0.15, 0.2) is 11.6 Å². The summed E-state index contributed by atoms with van der Waals surface area (Å²) in [5.41, 5.74) is -1.22. The van der Waals surface area contributed by atoms with Gasteiger partial charge in [-0.1, -0.05) is 60.1 Å². The van der Waals surface area contributed by atoms with Crippen molar-refractivity contribution in [1.29, 1.82) is 0 Å². The largest absolute Gasteiger partial charge is 0.479 e. The van der Waals surface area contributed by atoms with Gasteiger partial charge in [0.25, 0.3) is 0 Å². The van der Waals surface area contributed by atoms with E-state index in [9.17, 15) is 60.3 Å². The quantitative estimate of drug-likeness (QED) is 0.0897. The van der Waals surface area contributed by atoms with Crippen LogP contribution in [0.3, 0.4) is 0 Å². The summed E-state index contributed by atoms with van der Waals surface area (Å²) in [5.74, 6) is -2.42. The van der Waals surface area contributed by atoms with E-state index in [1.807, 2.05) is 0 Å². The minimum absolute atomic E-state index is 0.0416. The van der Waals surface area contributed by atoms with E-state index < -0.39 is 134 Å². The Bertz CT molecular complexity index is 1940. The average molecular weight is 969 g/mol. The number of aliphatic hydroxyl groups is 8. The van der Waals surface area contributed by atoms with Gasteiger partial charge in [0.05, 0.1) is 24.7 Å². The molecular formula is C49H76O19. The van der Waals surface area contributed by atoms with Crippen molar-refractivity contribution in [3.05, 3.63) is 11.6 Å². The van der Waals surface area contributed by atoms with Crippen LogP contribution in [-0.2, 0) is 47.5 Å². The summed E-state index contributed by atoms with van der Waals surface area (Å²) in [6.07, 6.45) is -13.8. The van der Waals surface area contributed by atoms with E-state index in [0.29, 0.717) is 19.3 Å². The first kappa shape index (κ1) is 52.0. The Morgan fingerprint density at radius 2 is 1.34 bits per heavy atom. The standard InChI is InChI=1S/C49H76O19/c1-22(51)63-37-35(58)36(66-40-33(56)30(53)25(52)21-62-40)38(39(59)60)67-42(37)65-29-12-13-46(6)27(45(29,4)5)11-14-48(8)28(46)10-9-23-24-19-44(2,3)15-17-49(24,18-16-47(23,48)7)43(61)68-41-34(57)32(55)31(54)26(20-50)64-41/h19,23,25-38,40-42,50,52-58H,9-18,20-21H2,1-8H3,(H,59,60)/t23-,25-,26+,27+,28+,29+,30-,31-,32+,33+,34+,35+,36+,37-,38+,40-,41+,42-,46+,47-,48-,49-/m1/s1. The molecule has 0 aromatic rings. The van der Waals surface area contributed by atoms with Crippen molar-refractivity contribution in [3.63, 3.8) is 0 Å². The average Bonchev–Trinajstić information content (AvgIpc) is 3.26. The van der Waals surface area contributed by atoms with Gasteiger partial charge in [-0.25, -0.2) is 4.79 Å². The van der Waals surface area contributed by atoms with Crippen molar-refractivity contribution in [2.75, 3.05) is 13.2 Å². The summed E-state index contributed by atoms with van der Waals surface area (Å²) in [6, 6.07) is 0. The number of fused-ring (bicyclic) bond motifs is 7. The van der Waals surface area contributed by atoms with E-state index in [4.69, 9.17) is 33.2 Å². The highest BCUT2D eigenvalue weighted by atomic mass is 16.8. The third-order valence-corrected chi connectivity index (χ3v) is 19.1. The Morgan fingerprint density at radius 1 is 0.662 bits per heavy atom. The van der Waals surface area contributed by atoms with Gasteiger partial charge in [0.1, 0.15) is 54.9 Å². The SMILES string of the molecule is CC(=O)O[C@H]1[C@H](O[C@H]2CC[C@@]3(C)[C@@H](CC[C@]4(C)[C@H]3CC[C@@H]3C5=CC(C)(C)CC[C@@]5(C(=O)O[C@@H]5O[C@@H](CO)[C@@H](O)[C@H](O)[C@@H]5O)CC[C@]34C)C2(C)C)O[C@H](C(=O)O)[C@@H](O[C@H]2OC[C@@H](O)[C@@H](O)[C@@H]2O)[C@@H]1O. The van der Waals surface area contributed by atoms with Gasteiger partial charge in [-0.2, -0.15) is 0 Å². The molecule has 0 spiro atoms. The van der Waals surface area contributed by atoms with Gasteiger partial charge in [-0.3, -0.25) is 9.59 Å². The summed E-state index contributed by atoms with van der Waals surface area (Å²) in [6.45, 7) is 15.9. The number of carboxylic acids is 1. The molecule has 0 bridgehead atoms. The number of aliphatic carboxylic acids is 1. The molecule has 19 nitrogen and oxygen atoms in total. The van der Waals surface area contributed by atoms with Gasteiger partial charge >= 0.3 is 17.9 Å². The lowest BCUT2D eigenvalue weighted by Crippen LogP contribution is -2.67. The zero-order chi connectivity index (χ0) is 49.8. The Kier molecular flexibility index (Phi) is 14.0. The van der Waals surface area contributed by atoms with E-state index >= 15 is 0 Å². The fraction of sp³-hybridized carbons (Fsp3) is 0.898. The molecule has 4 saturated carbocycles. The summed E-state index contributed by atoms with van der Waals surface area (Å²) in [4.78, 5) is 39.9. The fourth-order valence-electron chi connectivity index (χ4n) is 15.1. The van der Waals surface area contributed by atoms with Crippen molar-refractivity contribution in [1.82, 2.24) is 0 Å². The number of esters is 2. The van der Waals surface area contributed by atoms with Gasteiger partial charge in [0.15, 0.2) is 24.8 Å². The smallest absolute Gasteiger partial charge is 0.335 e. The maximum Gasteiger partial charge on any atom is 0.335 e. The summed E-state index contributed by atoms with van der Waals surface area (Å²) in [5, 5.41) is 94.3. The van der Waals surface area contributed by atoms with Gasteiger partial charge in [0.2, 0.25) is 6.29 Å². The molecule has 0 unspecified atom stereocenters. The number of hydrogen-bond acceptors (Lipinski definition) is 18. The number of carboxylic acid groups (broad SMARTS) is 1. The predicted octanol–water partition coefficient (Wildman–Crippen LogP) is 1.44. The molecule has 19 heteroatoms. The molecule has 0 aromatic heterocycles. The van der Waals surface area contributed by atoms with Crippen molar-refractivity contribution >= 4 is 17.9 Å². The molecule has 7 fully saturated rings. The van der Waals surface area contributed by atoms with Gasteiger partial charge in [0, 0.05) is 6.92 Å². The van der Waals surface area contributed by atoms with E-state index in [-0.39, 0.29) is 39.4 Å². The number of carbonyl (C=O) groups excluding carboxylic acids is 2. The third kappa shape index (κ3) is 8.28. The second-order valence-electron chi connectivity index (χ2n) is 23.6. The molecule has 8 aliphatic rings. The molecule has 3 saturated heterocycles. The number of carbonyl (C=O) groups is 3. The van der Waals surface area contributed by atoms with E-state index in [1.165, 1.54) is 0 Å². The van der Waals surface area contributed by atoms with E-state index in [0.717, 1.165) is 57.4 Å². The lowest BCUT2D eigenvalue weighted by atomic mass is 9.32. The van der Waals surface area contributed by atoms with Crippen LogP contribution in [0.4, 0.5) is 0 Å². The van der Waals surface area contributed by atoms with Gasteiger partial charge in [-0.15, -0.1) is 0 Å². The topological polar surface area (TPSA) is 298 Å². The van der Waals surface area contributed by atoms with Crippen LogP contribution < -0.4 is 0 Å². The van der Waals surface area contributed by atoms with Crippen LogP contribution in [0.25, 0.3) is 0 Å². The summed E-state index contributed by atoms with van der Waals surface area (Å²) in [7, 11) is 0. The molecule has 22 atom stereocenters. The summed E-state index contributed by atoms with van der Waals surface area (Å²) >= 11 is 0. The zero-order valence-corrected chi connectivity index (χ0v) is 40.6. The van der Waals surface area contributed by atoms with E-state index in [1.54, 1.807) is 0 Å². The molecule has 386 valence electrons. The van der Waals surface area contributed by atoms with Gasteiger partial charge in [-0.05, 0) is 109 Å². The highest BCUT2D eigenvalue weighted by Gasteiger charge is 2.71. The van der Waals surface area contributed by atoms with Crippen molar-refractivity contribution in [3.8, 4) is 0 Å². The minimum atomic E-state index is -1.88. The maximum absolute atomic E-state index is 14.7. The molecule has 0 amide bonds. The second-order valence-corrected chi connectivity index (χ2v) is 23.6. The van der Waals surface area contributed by atoms with E-state index in [2.05, 4.69) is 54.5 Å². The lowest BCUT2D eigenvalue weighted by molar-refractivity contribution is -0.355. The van der Waals surface area contributed by atoms with Crippen LogP contribution in [0.2, 0.25) is 0 Å². The first-order valence-electron chi connectivity index (χ1n) is 24.6. The molecule has 9 N–H and O–H groups in total. The van der Waals surface area contributed by atoms with Crippen molar-refractivity contribution < 1.29 is 93.5 Å². The molecule has 68 heavy (non-hydrogen) atoms. The fourth-order valence-corrected chi connectivity index (χ4v) is 15.1. The first-order chi connectivity index (χ1) is 31.7. The maximum atomic E-state index is 14.7. The van der Waals surface area contributed by atoms with Crippen LogP contribution in [-0.4, -0.2) is 169 Å². The van der Waals surface area contributed by atoms with Crippen LogP contribution >= 0.6 is 0 Å². The van der Waals surface area contributed by atoms with Crippen LogP contribution in [0.5, 0.6) is 0 Å². The van der Waals surface area contributed by atoms with Crippen LogP contribution in [0, 0.1) is 50.2 Å². The molecule has 0 radical (unpaired) electrons. The molecule has 5 aliphatic carbocycles. The number of rotatable bonds is 9. The highest BCUT2D eigenvalue weighted by Crippen LogP contribution is 2.76. The number of allylic oxidation sites excluding steroid dienone is 1. The van der Waals surface area contributed by atoms with Crippen LogP contribution in [0.1, 0.15) is 120 Å². The minimum Gasteiger partial charge on any atom is -0.479 e. The molecule has 8 rings (SSSR count). The molecule has 3 heterocycles. The Morgan fingerprint density at radius 3 is 2.00 bits per heavy atom.